The largest absolute Gasteiger partial charge is 0.481 e. The minimum atomic E-state index is -0.687. The molecule has 2 aliphatic heterocycles. The van der Waals surface area contributed by atoms with Gasteiger partial charge in [-0.2, -0.15) is 0 Å². The number of carboxylic acids is 1. The fraction of sp³-hybridized carbons (Fsp3) is 0.933. The number of aliphatic carboxylic acids is 1. The zero-order valence-corrected chi connectivity index (χ0v) is 12.8. The second-order valence-electron chi connectivity index (χ2n) is 6.54. The Morgan fingerprint density at radius 3 is 2.90 bits per heavy atom. The SMILES string of the molecule is CC(C)CN1CCOC(CN2CCCC2CC(=O)O)C1. The minimum Gasteiger partial charge on any atom is -0.481 e. The van der Waals surface area contributed by atoms with Gasteiger partial charge < -0.3 is 9.84 Å². The number of nitrogens with zero attached hydrogens (tertiary/aromatic N) is 2. The van der Waals surface area contributed by atoms with Crippen LogP contribution in [0.5, 0.6) is 0 Å². The van der Waals surface area contributed by atoms with Crippen molar-refractivity contribution in [1.82, 2.24) is 9.80 Å². The Labute approximate surface area is 121 Å². The number of ether oxygens (including phenoxy) is 1. The predicted octanol–water partition coefficient (Wildman–Crippen LogP) is 1.28. The second kappa shape index (κ2) is 7.38. The van der Waals surface area contributed by atoms with Crippen molar-refractivity contribution < 1.29 is 14.6 Å². The van der Waals surface area contributed by atoms with Crippen LogP contribution in [0.2, 0.25) is 0 Å². The molecule has 0 radical (unpaired) electrons. The molecule has 20 heavy (non-hydrogen) atoms. The van der Waals surface area contributed by atoms with Gasteiger partial charge in [0.1, 0.15) is 0 Å². The van der Waals surface area contributed by atoms with Gasteiger partial charge in [0.25, 0.3) is 0 Å². The lowest BCUT2D eigenvalue weighted by atomic mass is 10.1. The summed E-state index contributed by atoms with van der Waals surface area (Å²) in [6.45, 7) is 10.3. The summed E-state index contributed by atoms with van der Waals surface area (Å²) in [5.74, 6) is -0.00630. The number of morpholine rings is 1. The van der Waals surface area contributed by atoms with E-state index in [4.69, 9.17) is 9.84 Å². The first-order valence-corrected chi connectivity index (χ1v) is 7.84. The summed E-state index contributed by atoms with van der Waals surface area (Å²) < 4.78 is 5.87. The van der Waals surface area contributed by atoms with Crippen LogP contribution in [0, 0.1) is 5.92 Å². The highest BCUT2D eigenvalue weighted by atomic mass is 16.5. The highest BCUT2D eigenvalue weighted by molar-refractivity contribution is 5.67. The van der Waals surface area contributed by atoms with Crippen molar-refractivity contribution in [2.24, 2.45) is 5.92 Å². The van der Waals surface area contributed by atoms with Gasteiger partial charge in [0, 0.05) is 32.2 Å². The topological polar surface area (TPSA) is 53.0 Å². The maximum absolute atomic E-state index is 10.9. The van der Waals surface area contributed by atoms with Gasteiger partial charge in [0.2, 0.25) is 0 Å². The van der Waals surface area contributed by atoms with Gasteiger partial charge in [-0.25, -0.2) is 0 Å². The van der Waals surface area contributed by atoms with E-state index in [1.807, 2.05) is 0 Å². The number of carboxylic acid groups (broad SMARTS) is 1. The normalized spacial score (nSPS) is 29.1. The molecule has 0 aromatic carbocycles. The van der Waals surface area contributed by atoms with E-state index in [9.17, 15) is 4.79 Å². The van der Waals surface area contributed by atoms with Crippen molar-refractivity contribution in [1.29, 1.82) is 0 Å². The molecule has 2 unspecified atom stereocenters. The molecule has 0 spiro atoms. The molecule has 0 saturated carbocycles. The van der Waals surface area contributed by atoms with Gasteiger partial charge in [0.05, 0.1) is 19.1 Å². The fourth-order valence-electron chi connectivity index (χ4n) is 3.40. The third-order valence-electron chi connectivity index (χ3n) is 4.19. The molecule has 0 aliphatic carbocycles. The van der Waals surface area contributed by atoms with Gasteiger partial charge >= 0.3 is 5.97 Å². The van der Waals surface area contributed by atoms with Gasteiger partial charge in [0.15, 0.2) is 0 Å². The molecule has 2 heterocycles. The van der Waals surface area contributed by atoms with E-state index in [-0.39, 0.29) is 18.6 Å². The molecule has 2 fully saturated rings. The van der Waals surface area contributed by atoms with Crippen molar-refractivity contribution >= 4 is 5.97 Å². The summed E-state index contributed by atoms with van der Waals surface area (Å²) in [6.07, 6.45) is 2.62. The van der Waals surface area contributed by atoms with Gasteiger partial charge in [-0.1, -0.05) is 13.8 Å². The maximum atomic E-state index is 10.9. The molecule has 5 nitrogen and oxygen atoms in total. The van der Waals surface area contributed by atoms with Crippen LogP contribution in [0.1, 0.15) is 33.1 Å². The number of likely N-dealkylation sites (tertiary alicyclic amines) is 1. The molecular formula is C15H28N2O3. The first-order chi connectivity index (χ1) is 9.54. The Morgan fingerprint density at radius 1 is 1.40 bits per heavy atom. The molecule has 1 N–H and O–H groups in total. The molecular weight excluding hydrogens is 256 g/mol. The summed E-state index contributed by atoms with van der Waals surface area (Å²) in [4.78, 5) is 15.7. The van der Waals surface area contributed by atoms with Crippen LogP contribution in [0.15, 0.2) is 0 Å². The molecule has 0 aromatic rings. The quantitative estimate of drug-likeness (QED) is 0.796. The molecule has 0 amide bonds. The molecule has 0 aromatic heterocycles. The van der Waals surface area contributed by atoms with Crippen molar-refractivity contribution in [2.75, 3.05) is 39.3 Å². The van der Waals surface area contributed by atoms with E-state index in [0.29, 0.717) is 5.92 Å². The van der Waals surface area contributed by atoms with E-state index in [1.165, 1.54) is 0 Å². The minimum absolute atomic E-state index is 0.205. The second-order valence-corrected chi connectivity index (χ2v) is 6.54. The number of rotatable bonds is 6. The monoisotopic (exact) mass is 284 g/mol. The third kappa shape index (κ3) is 4.72. The number of hydrogen-bond acceptors (Lipinski definition) is 4. The summed E-state index contributed by atoms with van der Waals surface area (Å²) in [7, 11) is 0. The summed E-state index contributed by atoms with van der Waals surface area (Å²) in [5, 5.41) is 8.97. The molecule has 2 atom stereocenters. The van der Waals surface area contributed by atoms with Gasteiger partial charge in [-0.05, 0) is 25.3 Å². The van der Waals surface area contributed by atoms with Crippen LogP contribution in [0.3, 0.4) is 0 Å². The fourth-order valence-corrected chi connectivity index (χ4v) is 3.40. The Hall–Kier alpha value is -0.650. The lowest BCUT2D eigenvalue weighted by molar-refractivity contribution is -0.138. The highest BCUT2D eigenvalue weighted by Gasteiger charge is 2.30. The number of carbonyl (C=O) groups is 1. The van der Waals surface area contributed by atoms with Crippen LogP contribution in [-0.4, -0.2) is 72.4 Å². The molecule has 2 aliphatic rings. The van der Waals surface area contributed by atoms with Crippen molar-refractivity contribution in [3.05, 3.63) is 0 Å². The van der Waals surface area contributed by atoms with Crippen molar-refractivity contribution in [2.45, 2.75) is 45.3 Å². The molecule has 116 valence electrons. The highest BCUT2D eigenvalue weighted by Crippen LogP contribution is 2.21. The molecule has 2 rings (SSSR count). The Morgan fingerprint density at radius 2 is 2.20 bits per heavy atom. The number of hydrogen-bond donors (Lipinski definition) is 1. The molecule has 2 saturated heterocycles. The summed E-state index contributed by atoms with van der Waals surface area (Å²) >= 11 is 0. The zero-order chi connectivity index (χ0) is 14.5. The Kier molecular flexibility index (Phi) is 5.81. The van der Waals surface area contributed by atoms with Crippen LogP contribution in [0.25, 0.3) is 0 Å². The van der Waals surface area contributed by atoms with E-state index >= 15 is 0 Å². The average molecular weight is 284 g/mol. The lowest BCUT2D eigenvalue weighted by Gasteiger charge is -2.36. The first-order valence-electron chi connectivity index (χ1n) is 7.84. The summed E-state index contributed by atoms with van der Waals surface area (Å²) in [6, 6.07) is 0.205. The van der Waals surface area contributed by atoms with Crippen LogP contribution in [-0.2, 0) is 9.53 Å². The van der Waals surface area contributed by atoms with Crippen LogP contribution in [0.4, 0.5) is 0 Å². The van der Waals surface area contributed by atoms with E-state index in [2.05, 4.69) is 23.6 Å². The zero-order valence-electron chi connectivity index (χ0n) is 12.8. The first kappa shape index (κ1) is 15.7. The summed E-state index contributed by atoms with van der Waals surface area (Å²) in [5.41, 5.74) is 0. The predicted molar refractivity (Wildman–Crippen MR) is 77.9 cm³/mol. The molecule has 0 bridgehead atoms. The maximum Gasteiger partial charge on any atom is 0.304 e. The van der Waals surface area contributed by atoms with Gasteiger partial charge in [-0.15, -0.1) is 0 Å². The Balaban J connectivity index is 1.81. The smallest absolute Gasteiger partial charge is 0.304 e. The van der Waals surface area contributed by atoms with Crippen molar-refractivity contribution in [3.8, 4) is 0 Å². The van der Waals surface area contributed by atoms with E-state index < -0.39 is 5.97 Å². The van der Waals surface area contributed by atoms with Crippen LogP contribution >= 0.6 is 0 Å². The van der Waals surface area contributed by atoms with Crippen molar-refractivity contribution in [3.63, 3.8) is 0 Å². The Bertz CT molecular complexity index is 322. The lowest BCUT2D eigenvalue weighted by Crippen LogP contribution is -2.49. The molecule has 5 heteroatoms. The average Bonchev–Trinajstić information content (AvgIpc) is 2.75. The van der Waals surface area contributed by atoms with E-state index in [0.717, 1.165) is 52.2 Å². The van der Waals surface area contributed by atoms with Crippen LogP contribution < -0.4 is 0 Å². The van der Waals surface area contributed by atoms with Gasteiger partial charge in [-0.3, -0.25) is 14.6 Å². The standard InChI is InChI=1S/C15H28N2O3/c1-12(2)9-16-6-7-20-14(10-16)11-17-5-3-4-13(17)8-15(18)19/h12-14H,3-11H2,1-2H3,(H,18,19). The van der Waals surface area contributed by atoms with E-state index in [1.54, 1.807) is 0 Å². The third-order valence-corrected chi connectivity index (χ3v) is 4.19.